The van der Waals surface area contributed by atoms with E-state index < -0.39 is 0 Å². The highest BCUT2D eigenvalue weighted by molar-refractivity contribution is 5.48. The summed E-state index contributed by atoms with van der Waals surface area (Å²) in [7, 11) is 0. The van der Waals surface area contributed by atoms with Crippen molar-refractivity contribution in [2.45, 2.75) is 46.6 Å². The van der Waals surface area contributed by atoms with Crippen LogP contribution >= 0.6 is 0 Å². The van der Waals surface area contributed by atoms with Crippen LogP contribution in [0.15, 0.2) is 18.3 Å². The third-order valence-electron chi connectivity index (χ3n) is 4.20. The van der Waals surface area contributed by atoms with Gasteiger partial charge in [0.25, 0.3) is 0 Å². The average Bonchev–Trinajstić information content (AvgIpc) is 2.88. The van der Waals surface area contributed by atoms with Gasteiger partial charge in [-0.1, -0.05) is 19.9 Å². The molecule has 1 aliphatic heterocycles. The molecule has 0 unspecified atom stereocenters. The highest BCUT2D eigenvalue weighted by Gasteiger charge is 2.29. The van der Waals surface area contributed by atoms with Crippen molar-refractivity contribution in [3.05, 3.63) is 23.9 Å². The fraction of sp³-hybridized carbons (Fsp3) is 0.706. The van der Waals surface area contributed by atoms with Crippen molar-refractivity contribution in [3.63, 3.8) is 0 Å². The lowest BCUT2D eigenvalue weighted by atomic mass is 10.0. The number of rotatable bonds is 6. The summed E-state index contributed by atoms with van der Waals surface area (Å²) in [6.45, 7) is 13.5. The Labute approximate surface area is 124 Å². The zero-order valence-electron chi connectivity index (χ0n) is 13.5. The van der Waals surface area contributed by atoms with Gasteiger partial charge in [0.2, 0.25) is 0 Å². The van der Waals surface area contributed by atoms with Gasteiger partial charge in [-0.2, -0.15) is 0 Å². The highest BCUT2D eigenvalue weighted by Crippen LogP contribution is 2.36. The van der Waals surface area contributed by atoms with E-state index in [-0.39, 0.29) is 0 Å². The van der Waals surface area contributed by atoms with Crippen LogP contribution in [0.25, 0.3) is 0 Å². The van der Waals surface area contributed by atoms with E-state index in [4.69, 9.17) is 0 Å². The molecule has 0 N–H and O–H groups in total. The van der Waals surface area contributed by atoms with Crippen molar-refractivity contribution < 1.29 is 0 Å². The number of likely N-dealkylation sites (tertiary alicyclic amines) is 1. The molecule has 0 radical (unpaired) electrons. The van der Waals surface area contributed by atoms with Gasteiger partial charge in [-0.25, -0.2) is 4.98 Å². The van der Waals surface area contributed by atoms with Crippen molar-refractivity contribution in [2.24, 2.45) is 5.92 Å². The van der Waals surface area contributed by atoms with Gasteiger partial charge in [0, 0.05) is 37.4 Å². The first-order chi connectivity index (χ1) is 9.67. The van der Waals surface area contributed by atoms with E-state index in [0.29, 0.717) is 6.04 Å². The first-order valence-corrected chi connectivity index (χ1v) is 8.11. The Morgan fingerprint density at radius 3 is 2.75 bits per heavy atom. The molecule has 0 aromatic carbocycles. The predicted molar refractivity (Wildman–Crippen MR) is 86.2 cm³/mol. The summed E-state index contributed by atoms with van der Waals surface area (Å²) < 4.78 is 0. The quantitative estimate of drug-likeness (QED) is 0.789. The Balaban J connectivity index is 2.27. The number of nitrogens with zero attached hydrogens (tertiary/aromatic N) is 3. The van der Waals surface area contributed by atoms with Crippen molar-refractivity contribution in [3.8, 4) is 0 Å². The molecule has 1 aromatic heterocycles. The SMILES string of the molecule is CCN(CC)c1ncccc1[C@@H]1CCCN1CC(C)C. The number of anilines is 1. The Morgan fingerprint density at radius 1 is 1.35 bits per heavy atom. The molecule has 20 heavy (non-hydrogen) atoms. The van der Waals surface area contributed by atoms with Crippen LogP contribution in [0.1, 0.15) is 52.1 Å². The van der Waals surface area contributed by atoms with E-state index in [0.717, 1.165) is 19.0 Å². The molecule has 0 spiro atoms. The van der Waals surface area contributed by atoms with E-state index in [9.17, 15) is 0 Å². The van der Waals surface area contributed by atoms with Gasteiger partial charge in [-0.3, -0.25) is 4.90 Å². The lowest BCUT2D eigenvalue weighted by Crippen LogP contribution is -2.30. The summed E-state index contributed by atoms with van der Waals surface area (Å²) in [6.07, 6.45) is 4.51. The number of hydrogen-bond donors (Lipinski definition) is 0. The molecule has 3 heteroatoms. The van der Waals surface area contributed by atoms with E-state index in [2.05, 4.69) is 54.6 Å². The van der Waals surface area contributed by atoms with Crippen LogP contribution < -0.4 is 4.90 Å². The molecule has 0 bridgehead atoms. The maximum atomic E-state index is 4.68. The van der Waals surface area contributed by atoms with Crippen LogP contribution in [0.4, 0.5) is 5.82 Å². The second-order valence-electron chi connectivity index (χ2n) is 6.14. The summed E-state index contributed by atoms with van der Waals surface area (Å²) in [4.78, 5) is 9.70. The van der Waals surface area contributed by atoms with Crippen molar-refractivity contribution in [1.29, 1.82) is 0 Å². The number of aromatic nitrogens is 1. The zero-order valence-corrected chi connectivity index (χ0v) is 13.5. The molecule has 112 valence electrons. The lowest BCUT2D eigenvalue weighted by molar-refractivity contribution is 0.229. The topological polar surface area (TPSA) is 19.4 Å². The number of pyridine rings is 1. The minimum atomic E-state index is 0.557. The molecular formula is C17H29N3. The van der Waals surface area contributed by atoms with Crippen LogP contribution in [0.5, 0.6) is 0 Å². The average molecular weight is 275 g/mol. The van der Waals surface area contributed by atoms with E-state index in [1.165, 1.54) is 37.3 Å². The van der Waals surface area contributed by atoms with Crippen LogP contribution in [0.3, 0.4) is 0 Å². The summed E-state index contributed by atoms with van der Waals surface area (Å²) >= 11 is 0. The van der Waals surface area contributed by atoms with Gasteiger partial charge in [0.05, 0.1) is 0 Å². The Morgan fingerprint density at radius 2 is 2.10 bits per heavy atom. The second kappa shape index (κ2) is 7.07. The van der Waals surface area contributed by atoms with Gasteiger partial charge in [0.1, 0.15) is 5.82 Å². The van der Waals surface area contributed by atoms with Gasteiger partial charge in [-0.05, 0) is 45.2 Å². The Bertz CT molecular complexity index is 412. The monoisotopic (exact) mass is 275 g/mol. The molecule has 1 aromatic rings. The summed E-state index contributed by atoms with van der Waals surface area (Å²) in [6, 6.07) is 4.93. The van der Waals surface area contributed by atoms with Gasteiger partial charge in [0.15, 0.2) is 0 Å². The minimum Gasteiger partial charge on any atom is -0.357 e. The van der Waals surface area contributed by atoms with Gasteiger partial charge >= 0.3 is 0 Å². The van der Waals surface area contributed by atoms with Crippen LogP contribution in [0, 0.1) is 5.92 Å². The highest BCUT2D eigenvalue weighted by atomic mass is 15.2. The Hall–Kier alpha value is -1.09. The first-order valence-electron chi connectivity index (χ1n) is 8.11. The zero-order chi connectivity index (χ0) is 14.5. The normalized spacial score (nSPS) is 19.8. The first kappa shape index (κ1) is 15.3. The van der Waals surface area contributed by atoms with Crippen LogP contribution in [-0.2, 0) is 0 Å². The molecule has 3 nitrogen and oxygen atoms in total. The predicted octanol–water partition coefficient (Wildman–Crippen LogP) is 3.72. The van der Waals surface area contributed by atoms with E-state index in [1.54, 1.807) is 0 Å². The van der Waals surface area contributed by atoms with Gasteiger partial charge in [-0.15, -0.1) is 0 Å². The molecule has 2 heterocycles. The molecule has 0 aliphatic carbocycles. The smallest absolute Gasteiger partial charge is 0.133 e. The van der Waals surface area contributed by atoms with Crippen LogP contribution in [-0.4, -0.2) is 36.1 Å². The minimum absolute atomic E-state index is 0.557. The lowest BCUT2D eigenvalue weighted by Gasteiger charge is -2.30. The van der Waals surface area contributed by atoms with E-state index >= 15 is 0 Å². The Kier molecular flexibility index (Phi) is 5.41. The molecule has 1 saturated heterocycles. The molecule has 0 amide bonds. The molecule has 1 atom stereocenters. The summed E-state index contributed by atoms with van der Waals surface area (Å²) in [5.74, 6) is 1.92. The fourth-order valence-corrected chi connectivity index (χ4v) is 3.32. The van der Waals surface area contributed by atoms with Crippen molar-refractivity contribution in [1.82, 2.24) is 9.88 Å². The second-order valence-corrected chi connectivity index (χ2v) is 6.14. The van der Waals surface area contributed by atoms with Gasteiger partial charge < -0.3 is 4.90 Å². The molecular weight excluding hydrogens is 246 g/mol. The molecule has 0 saturated carbocycles. The van der Waals surface area contributed by atoms with Crippen molar-refractivity contribution >= 4 is 5.82 Å². The number of hydrogen-bond acceptors (Lipinski definition) is 3. The standard InChI is InChI=1S/C17H29N3/c1-5-19(6-2)17-15(9-7-11-18-17)16-10-8-12-20(16)13-14(3)4/h7,9,11,14,16H,5-6,8,10,12-13H2,1-4H3/t16-/m0/s1. The fourth-order valence-electron chi connectivity index (χ4n) is 3.32. The van der Waals surface area contributed by atoms with Crippen LogP contribution in [0.2, 0.25) is 0 Å². The third-order valence-corrected chi connectivity index (χ3v) is 4.20. The molecule has 1 aliphatic rings. The third kappa shape index (κ3) is 3.32. The summed E-state index contributed by atoms with van der Waals surface area (Å²) in [5, 5.41) is 0. The maximum absolute atomic E-state index is 4.68. The molecule has 1 fully saturated rings. The largest absolute Gasteiger partial charge is 0.357 e. The molecule has 2 rings (SSSR count). The summed E-state index contributed by atoms with van der Waals surface area (Å²) in [5.41, 5.74) is 1.43. The van der Waals surface area contributed by atoms with E-state index in [1.807, 2.05) is 6.20 Å². The maximum Gasteiger partial charge on any atom is 0.133 e. The van der Waals surface area contributed by atoms with Crippen molar-refractivity contribution in [2.75, 3.05) is 31.1 Å².